The highest BCUT2D eigenvalue weighted by atomic mass is 19.2. The van der Waals surface area contributed by atoms with Crippen molar-refractivity contribution in [2.24, 2.45) is 0 Å². The number of rotatable bonds is 5. The number of halogens is 2. The third-order valence-corrected chi connectivity index (χ3v) is 2.38. The molecule has 20 heavy (non-hydrogen) atoms. The van der Waals surface area contributed by atoms with Crippen LogP contribution in [0.2, 0.25) is 0 Å². The molecule has 0 unspecified atom stereocenters. The Morgan fingerprint density at radius 2 is 1.90 bits per heavy atom. The zero-order valence-electron chi connectivity index (χ0n) is 10.5. The van der Waals surface area contributed by atoms with Gasteiger partial charge in [0.25, 0.3) is 5.91 Å². The smallest absolute Gasteiger partial charge is 0.323 e. The number of carboxylic acid groups (broad SMARTS) is 1. The van der Waals surface area contributed by atoms with Crippen molar-refractivity contribution in [1.82, 2.24) is 10.2 Å². The predicted octanol–water partition coefficient (Wildman–Crippen LogP) is 0.238. The van der Waals surface area contributed by atoms with Gasteiger partial charge in [0.2, 0.25) is 5.91 Å². The van der Waals surface area contributed by atoms with E-state index in [1.54, 1.807) is 0 Å². The van der Waals surface area contributed by atoms with E-state index in [1.807, 2.05) is 0 Å². The molecule has 108 valence electrons. The van der Waals surface area contributed by atoms with Crippen LogP contribution in [0.25, 0.3) is 0 Å². The molecule has 0 spiro atoms. The summed E-state index contributed by atoms with van der Waals surface area (Å²) in [5.41, 5.74) is -0.141. The number of aliphatic carboxylic acids is 1. The molecule has 0 fully saturated rings. The van der Waals surface area contributed by atoms with Crippen molar-refractivity contribution in [3.8, 4) is 0 Å². The SMILES string of the molecule is CN(CC(=O)O)C(=O)CNC(=O)c1ccc(F)c(F)c1. The van der Waals surface area contributed by atoms with Crippen molar-refractivity contribution in [2.45, 2.75) is 0 Å². The molecule has 0 saturated heterocycles. The van der Waals surface area contributed by atoms with Crippen LogP contribution < -0.4 is 5.32 Å². The van der Waals surface area contributed by atoms with Gasteiger partial charge in [-0.05, 0) is 18.2 Å². The first-order chi connectivity index (χ1) is 9.31. The van der Waals surface area contributed by atoms with Crippen LogP contribution in [0.4, 0.5) is 8.78 Å². The summed E-state index contributed by atoms with van der Waals surface area (Å²) in [4.78, 5) is 34.3. The normalized spacial score (nSPS) is 9.95. The van der Waals surface area contributed by atoms with Gasteiger partial charge in [-0.1, -0.05) is 0 Å². The fourth-order valence-corrected chi connectivity index (χ4v) is 1.32. The van der Waals surface area contributed by atoms with Gasteiger partial charge in [0, 0.05) is 12.6 Å². The van der Waals surface area contributed by atoms with Crippen LogP contribution in [0.15, 0.2) is 18.2 Å². The van der Waals surface area contributed by atoms with Gasteiger partial charge in [-0.3, -0.25) is 14.4 Å². The van der Waals surface area contributed by atoms with Gasteiger partial charge in [-0.15, -0.1) is 0 Å². The summed E-state index contributed by atoms with van der Waals surface area (Å²) >= 11 is 0. The topological polar surface area (TPSA) is 86.7 Å². The lowest BCUT2D eigenvalue weighted by Crippen LogP contribution is -2.40. The number of likely N-dealkylation sites (N-methyl/N-ethyl adjacent to an activating group) is 1. The molecule has 1 aromatic carbocycles. The summed E-state index contributed by atoms with van der Waals surface area (Å²) < 4.78 is 25.6. The molecule has 0 bridgehead atoms. The van der Waals surface area contributed by atoms with Crippen molar-refractivity contribution in [2.75, 3.05) is 20.1 Å². The first-order valence-electron chi connectivity index (χ1n) is 5.50. The Balaban J connectivity index is 2.56. The minimum atomic E-state index is -1.19. The molecule has 0 aliphatic carbocycles. The average molecular weight is 286 g/mol. The number of benzene rings is 1. The maximum absolute atomic E-state index is 12.9. The fraction of sp³-hybridized carbons (Fsp3) is 0.250. The van der Waals surface area contributed by atoms with Crippen LogP contribution in [0, 0.1) is 11.6 Å². The van der Waals surface area contributed by atoms with Gasteiger partial charge < -0.3 is 15.3 Å². The summed E-state index contributed by atoms with van der Waals surface area (Å²) in [5, 5.41) is 10.7. The third-order valence-electron chi connectivity index (χ3n) is 2.38. The van der Waals surface area contributed by atoms with Gasteiger partial charge in [0.05, 0.1) is 6.54 Å². The lowest BCUT2D eigenvalue weighted by Gasteiger charge is -2.14. The Kier molecular flexibility index (Phi) is 5.13. The molecule has 2 amide bonds. The van der Waals surface area contributed by atoms with Crippen molar-refractivity contribution >= 4 is 17.8 Å². The number of hydrogen-bond acceptors (Lipinski definition) is 3. The Bertz CT molecular complexity index is 548. The zero-order valence-corrected chi connectivity index (χ0v) is 10.5. The van der Waals surface area contributed by atoms with Crippen LogP contribution >= 0.6 is 0 Å². The number of nitrogens with zero attached hydrogens (tertiary/aromatic N) is 1. The quantitative estimate of drug-likeness (QED) is 0.811. The van der Waals surface area contributed by atoms with E-state index >= 15 is 0 Å². The lowest BCUT2D eigenvalue weighted by molar-refractivity contribution is -0.143. The van der Waals surface area contributed by atoms with E-state index in [1.165, 1.54) is 7.05 Å². The van der Waals surface area contributed by atoms with E-state index in [4.69, 9.17) is 5.11 Å². The van der Waals surface area contributed by atoms with E-state index in [0.29, 0.717) is 6.07 Å². The Morgan fingerprint density at radius 1 is 1.25 bits per heavy atom. The third kappa shape index (κ3) is 4.30. The van der Waals surface area contributed by atoms with Crippen LogP contribution in [-0.2, 0) is 9.59 Å². The lowest BCUT2D eigenvalue weighted by atomic mass is 10.2. The van der Waals surface area contributed by atoms with Gasteiger partial charge >= 0.3 is 5.97 Å². The molecule has 0 saturated carbocycles. The first kappa shape index (κ1) is 15.5. The van der Waals surface area contributed by atoms with Crippen LogP contribution in [0.3, 0.4) is 0 Å². The van der Waals surface area contributed by atoms with Crippen LogP contribution in [0.5, 0.6) is 0 Å². The standard InChI is InChI=1S/C12H12F2N2O4/c1-16(6-11(18)19)10(17)5-15-12(20)7-2-3-8(13)9(14)4-7/h2-4H,5-6H2,1H3,(H,15,20)(H,18,19). The van der Waals surface area contributed by atoms with E-state index in [-0.39, 0.29) is 5.56 Å². The van der Waals surface area contributed by atoms with Gasteiger partial charge in [-0.25, -0.2) is 8.78 Å². The monoisotopic (exact) mass is 286 g/mol. The summed E-state index contributed by atoms with van der Waals surface area (Å²) in [6, 6.07) is 2.57. The van der Waals surface area contributed by atoms with Crippen LogP contribution in [0.1, 0.15) is 10.4 Å². The van der Waals surface area contributed by atoms with Crippen molar-refractivity contribution < 1.29 is 28.3 Å². The summed E-state index contributed by atoms with van der Waals surface area (Å²) in [6.45, 7) is -0.943. The molecule has 0 aliphatic heterocycles. The van der Waals surface area contributed by atoms with Gasteiger partial charge in [0.1, 0.15) is 6.54 Å². The maximum Gasteiger partial charge on any atom is 0.323 e. The van der Waals surface area contributed by atoms with Gasteiger partial charge in [-0.2, -0.15) is 0 Å². The van der Waals surface area contributed by atoms with E-state index in [2.05, 4.69) is 5.32 Å². The molecule has 0 atom stereocenters. The molecular formula is C12H12F2N2O4. The fourth-order valence-electron chi connectivity index (χ4n) is 1.32. The summed E-state index contributed by atoms with van der Waals surface area (Å²) in [7, 11) is 1.26. The number of carbonyl (C=O) groups is 3. The molecule has 0 aliphatic rings. The highest BCUT2D eigenvalue weighted by molar-refractivity contribution is 5.96. The Hall–Kier alpha value is -2.51. The molecular weight excluding hydrogens is 274 g/mol. The molecule has 2 N–H and O–H groups in total. The molecule has 0 heterocycles. The molecule has 8 heteroatoms. The molecule has 6 nitrogen and oxygen atoms in total. The maximum atomic E-state index is 12.9. The second-order valence-electron chi connectivity index (χ2n) is 3.96. The van der Waals surface area contributed by atoms with Crippen molar-refractivity contribution in [3.63, 3.8) is 0 Å². The second kappa shape index (κ2) is 6.60. The van der Waals surface area contributed by atoms with Crippen molar-refractivity contribution in [3.05, 3.63) is 35.4 Å². The first-order valence-corrected chi connectivity index (χ1v) is 5.50. The van der Waals surface area contributed by atoms with Gasteiger partial charge in [0.15, 0.2) is 11.6 Å². The number of amides is 2. The van der Waals surface area contributed by atoms with E-state index < -0.39 is 42.5 Å². The molecule has 0 aromatic heterocycles. The highest BCUT2D eigenvalue weighted by Crippen LogP contribution is 2.08. The van der Waals surface area contributed by atoms with E-state index in [0.717, 1.165) is 17.0 Å². The number of carboxylic acids is 1. The minimum absolute atomic E-state index is 0.141. The van der Waals surface area contributed by atoms with Crippen molar-refractivity contribution in [1.29, 1.82) is 0 Å². The Morgan fingerprint density at radius 3 is 2.45 bits per heavy atom. The highest BCUT2D eigenvalue weighted by Gasteiger charge is 2.14. The zero-order chi connectivity index (χ0) is 15.3. The second-order valence-corrected chi connectivity index (χ2v) is 3.96. The molecule has 1 rings (SSSR count). The predicted molar refractivity (Wildman–Crippen MR) is 64.0 cm³/mol. The van der Waals surface area contributed by atoms with Crippen LogP contribution in [-0.4, -0.2) is 47.9 Å². The Labute approximate surface area is 113 Å². The molecule has 0 radical (unpaired) electrons. The number of hydrogen-bond donors (Lipinski definition) is 2. The average Bonchev–Trinajstić information content (AvgIpc) is 2.37. The number of carbonyl (C=O) groups excluding carboxylic acids is 2. The summed E-state index contributed by atoms with van der Waals surface area (Å²) in [5.74, 6) is -4.83. The summed E-state index contributed by atoms with van der Waals surface area (Å²) in [6.07, 6.45) is 0. The minimum Gasteiger partial charge on any atom is -0.480 e. The largest absolute Gasteiger partial charge is 0.480 e. The van der Waals surface area contributed by atoms with E-state index in [9.17, 15) is 23.2 Å². The number of nitrogens with one attached hydrogen (secondary N) is 1. The molecule has 1 aromatic rings.